The zero-order chi connectivity index (χ0) is 19.9. The van der Waals surface area contributed by atoms with Crippen molar-refractivity contribution in [3.63, 3.8) is 0 Å². The Labute approximate surface area is 166 Å². The van der Waals surface area contributed by atoms with Crippen molar-refractivity contribution in [1.82, 2.24) is 4.98 Å². The molecule has 5 heteroatoms. The second kappa shape index (κ2) is 9.04. The van der Waals surface area contributed by atoms with Gasteiger partial charge < -0.3 is 15.0 Å². The third-order valence-electron chi connectivity index (χ3n) is 4.16. The van der Waals surface area contributed by atoms with E-state index in [0.717, 1.165) is 18.0 Å². The summed E-state index contributed by atoms with van der Waals surface area (Å²) in [6.45, 7) is 4.70. The van der Waals surface area contributed by atoms with Crippen LogP contribution in [0.15, 0.2) is 72.9 Å². The van der Waals surface area contributed by atoms with Gasteiger partial charge in [-0.1, -0.05) is 30.3 Å². The molecule has 0 unspecified atom stereocenters. The molecular formula is C23H25N3O2. The molecule has 0 aliphatic heterocycles. The lowest BCUT2D eigenvalue weighted by Crippen LogP contribution is -2.18. The molecule has 0 fully saturated rings. The highest BCUT2D eigenvalue weighted by atomic mass is 16.5. The summed E-state index contributed by atoms with van der Waals surface area (Å²) in [5.74, 6) is 0.531. The molecule has 2 aromatic carbocycles. The van der Waals surface area contributed by atoms with Crippen molar-refractivity contribution in [2.24, 2.45) is 0 Å². The number of pyridine rings is 1. The van der Waals surface area contributed by atoms with Gasteiger partial charge in [0.1, 0.15) is 11.4 Å². The first-order valence-electron chi connectivity index (χ1n) is 9.30. The summed E-state index contributed by atoms with van der Waals surface area (Å²) in [5.41, 5.74) is 3.21. The number of nitrogens with zero attached hydrogens (tertiary/aromatic N) is 2. The van der Waals surface area contributed by atoms with Gasteiger partial charge in [-0.05, 0) is 55.8 Å². The highest BCUT2D eigenvalue weighted by molar-refractivity contribution is 6.03. The standard InChI is InChI=1S/C23H25N3O2/c1-17(2)28-21-11-9-19(10-12-21)25-23(27)22-15-20(13-14-24-22)26(3)16-18-7-5-4-6-8-18/h4-15,17H,16H2,1-3H3,(H,25,27). The third-order valence-corrected chi connectivity index (χ3v) is 4.16. The van der Waals surface area contributed by atoms with E-state index in [1.54, 1.807) is 12.3 Å². The maximum absolute atomic E-state index is 12.6. The van der Waals surface area contributed by atoms with E-state index in [9.17, 15) is 4.79 Å². The van der Waals surface area contributed by atoms with Crippen molar-refractivity contribution in [2.75, 3.05) is 17.3 Å². The number of carbonyl (C=O) groups excluding carboxylic acids is 1. The van der Waals surface area contributed by atoms with Crippen molar-refractivity contribution >= 4 is 17.3 Å². The van der Waals surface area contributed by atoms with E-state index in [4.69, 9.17) is 4.74 Å². The van der Waals surface area contributed by atoms with Gasteiger partial charge in [-0.2, -0.15) is 0 Å². The molecule has 0 spiro atoms. The van der Waals surface area contributed by atoms with Gasteiger partial charge in [0.25, 0.3) is 5.91 Å². The van der Waals surface area contributed by atoms with Gasteiger partial charge in [-0.3, -0.25) is 9.78 Å². The smallest absolute Gasteiger partial charge is 0.274 e. The van der Waals surface area contributed by atoms with Crippen molar-refractivity contribution in [3.05, 3.63) is 84.2 Å². The fourth-order valence-corrected chi connectivity index (χ4v) is 2.81. The molecule has 3 rings (SSSR count). The Kier molecular flexibility index (Phi) is 6.27. The van der Waals surface area contributed by atoms with E-state index in [1.165, 1.54) is 5.56 Å². The van der Waals surface area contributed by atoms with Crippen LogP contribution in [0.4, 0.5) is 11.4 Å². The zero-order valence-electron chi connectivity index (χ0n) is 16.4. The SMILES string of the molecule is CC(C)Oc1ccc(NC(=O)c2cc(N(C)Cc3ccccc3)ccn2)cc1. The number of anilines is 2. The van der Waals surface area contributed by atoms with Crippen LogP contribution in [0.5, 0.6) is 5.75 Å². The van der Waals surface area contributed by atoms with Crippen LogP contribution < -0.4 is 15.0 Å². The van der Waals surface area contributed by atoms with Gasteiger partial charge in [-0.25, -0.2) is 0 Å². The number of carbonyl (C=O) groups is 1. The molecule has 3 aromatic rings. The Morgan fingerprint density at radius 3 is 2.46 bits per heavy atom. The van der Waals surface area contributed by atoms with E-state index in [2.05, 4.69) is 27.3 Å². The molecule has 0 atom stereocenters. The maximum atomic E-state index is 12.6. The van der Waals surface area contributed by atoms with E-state index in [0.29, 0.717) is 11.4 Å². The van der Waals surface area contributed by atoms with Gasteiger partial charge >= 0.3 is 0 Å². The van der Waals surface area contributed by atoms with Gasteiger partial charge in [-0.15, -0.1) is 0 Å². The van der Waals surface area contributed by atoms with Crippen molar-refractivity contribution in [2.45, 2.75) is 26.5 Å². The lowest BCUT2D eigenvalue weighted by Gasteiger charge is -2.19. The molecule has 0 saturated carbocycles. The molecule has 0 aliphatic rings. The second-order valence-corrected chi connectivity index (χ2v) is 6.89. The Balaban J connectivity index is 1.66. The molecule has 5 nitrogen and oxygen atoms in total. The summed E-state index contributed by atoms with van der Waals surface area (Å²) in [6, 6.07) is 21.2. The van der Waals surface area contributed by atoms with Gasteiger partial charge in [0.2, 0.25) is 0 Å². The monoisotopic (exact) mass is 375 g/mol. The molecule has 0 saturated heterocycles. The van der Waals surface area contributed by atoms with Crippen LogP contribution in [-0.4, -0.2) is 24.0 Å². The number of rotatable bonds is 7. The molecule has 28 heavy (non-hydrogen) atoms. The van der Waals surface area contributed by atoms with E-state index >= 15 is 0 Å². The summed E-state index contributed by atoms with van der Waals surface area (Å²) >= 11 is 0. The summed E-state index contributed by atoms with van der Waals surface area (Å²) in [5, 5.41) is 2.88. The van der Waals surface area contributed by atoms with Crippen LogP contribution in [0.2, 0.25) is 0 Å². The number of hydrogen-bond donors (Lipinski definition) is 1. The molecule has 0 aliphatic carbocycles. The highest BCUT2D eigenvalue weighted by Gasteiger charge is 2.11. The minimum atomic E-state index is -0.243. The lowest BCUT2D eigenvalue weighted by molar-refractivity contribution is 0.102. The van der Waals surface area contributed by atoms with Crippen LogP contribution in [0.1, 0.15) is 29.9 Å². The summed E-state index contributed by atoms with van der Waals surface area (Å²) in [6.07, 6.45) is 1.77. The number of ether oxygens (including phenoxy) is 1. The Morgan fingerprint density at radius 2 is 1.79 bits per heavy atom. The molecule has 1 amide bonds. The summed E-state index contributed by atoms with van der Waals surface area (Å²) in [4.78, 5) is 18.9. The van der Waals surface area contributed by atoms with Crippen molar-refractivity contribution in [1.29, 1.82) is 0 Å². The predicted molar refractivity (Wildman–Crippen MR) is 113 cm³/mol. The minimum Gasteiger partial charge on any atom is -0.491 e. The zero-order valence-corrected chi connectivity index (χ0v) is 16.4. The van der Waals surface area contributed by atoms with Crippen LogP contribution in [0.3, 0.4) is 0 Å². The fraction of sp³-hybridized carbons (Fsp3) is 0.217. The van der Waals surface area contributed by atoms with Crippen LogP contribution >= 0.6 is 0 Å². The number of benzene rings is 2. The van der Waals surface area contributed by atoms with Crippen molar-refractivity contribution < 1.29 is 9.53 Å². The number of aromatic nitrogens is 1. The summed E-state index contributed by atoms with van der Waals surface area (Å²) < 4.78 is 5.62. The second-order valence-electron chi connectivity index (χ2n) is 6.89. The van der Waals surface area contributed by atoms with Crippen LogP contribution in [0, 0.1) is 0 Å². The largest absolute Gasteiger partial charge is 0.491 e. The fourth-order valence-electron chi connectivity index (χ4n) is 2.81. The maximum Gasteiger partial charge on any atom is 0.274 e. The van der Waals surface area contributed by atoms with Crippen molar-refractivity contribution in [3.8, 4) is 5.75 Å². The first-order chi connectivity index (χ1) is 13.5. The molecule has 1 heterocycles. The van der Waals surface area contributed by atoms with Gasteiger partial charge in [0, 0.05) is 31.2 Å². The summed E-state index contributed by atoms with van der Waals surface area (Å²) in [7, 11) is 2.00. The average molecular weight is 375 g/mol. The highest BCUT2D eigenvalue weighted by Crippen LogP contribution is 2.19. The topological polar surface area (TPSA) is 54.5 Å². The molecule has 0 bridgehead atoms. The van der Waals surface area contributed by atoms with Gasteiger partial charge in [0.15, 0.2) is 0 Å². The molecule has 1 N–H and O–H groups in total. The predicted octanol–water partition coefficient (Wildman–Crippen LogP) is 4.76. The lowest BCUT2D eigenvalue weighted by atomic mass is 10.2. The Bertz CT molecular complexity index is 909. The normalized spacial score (nSPS) is 10.6. The molecule has 144 valence electrons. The number of amides is 1. The number of hydrogen-bond acceptors (Lipinski definition) is 4. The quantitative estimate of drug-likeness (QED) is 0.647. The van der Waals surface area contributed by atoms with Crippen LogP contribution in [-0.2, 0) is 6.54 Å². The average Bonchev–Trinajstić information content (AvgIpc) is 2.70. The first-order valence-corrected chi connectivity index (χ1v) is 9.30. The minimum absolute atomic E-state index is 0.111. The Morgan fingerprint density at radius 1 is 1.07 bits per heavy atom. The van der Waals surface area contributed by atoms with E-state index in [1.807, 2.05) is 69.4 Å². The third kappa shape index (κ3) is 5.33. The molecular weight excluding hydrogens is 350 g/mol. The molecule has 0 radical (unpaired) electrons. The molecule has 1 aromatic heterocycles. The van der Waals surface area contributed by atoms with E-state index < -0.39 is 0 Å². The van der Waals surface area contributed by atoms with E-state index in [-0.39, 0.29) is 12.0 Å². The first kappa shape index (κ1) is 19.4. The Hall–Kier alpha value is -3.34. The van der Waals surface area contributed by atoms with Crippen LogP contribution in [0.25, 0.3) is 0 Å². The van der Waals surface area contributed by atoms with Gasteiger partial charge in [0.05, 0.1) is 6.10 Å². The number of nitrogens with one attached hydrogen (secondary N) is 1.